The van der Waals surface area contributed by atoms with Crippen molar-refractivity contribution in [2.45, 2.75) is 75.0 Å². The molecular formula is C38H45N7O3. The number of hydrogen-bond donors (Lipinski definition) is 3. The van der Waals surface area contributed by atoms with E-state index in [1.54, 1.807) is 6.07 Å². The van der Waals surface area contributed by atoms with Crippen LogP contribution in [0.25, 0.3) is 32.8 Å². The van der Waals surface area contributed by atoms with Crippen LogP contribution in [0.1, 0.15) is 51.4 Å². The molecule has 0 aliphatic carbocycles. The maximum Gasteiger partial charge on any atom is 0.319 e. The van der Waals surface area contributed by atoms with E-state index in [2.05, 4.69) is 49.6 Å². The lowest BCUT2D eigenvalue weighted by atomic mass is 9.95. The topological polar surface area (TPSA) is 106 Å². The lowest BCUT2D eigenvalue weighted by Crippen LogP contribution is -2.60. The SMILES string of the molecule is O=C(N[C@@H]1CCCNC1)N1C2CCC1CN(c1nc(OCC34CCCN3CCC4)nc3cc(-c4cc(O)cc5ccccc45)ccc13)C2. The zero-order valence-corrected chi connectivity index (χ0v) is 27.5. The summed E-state index contributed by atoms with van der Waals surface area (Å²) < 4.78 is 6.57. The van der Waals surface area contributed by atoms with Crippen LogP contribution < -0.4 is 20.3 Å². The minimum Gasteiger partial charge on any atom is -0.508 e. The summed E-state index contributed by atoms with van der Waals surface area (Å²) in [6.07, 6.45) is 8.87. The number of nitrogens with one attached hydrogen (secondary N) is 2. The van der Waals surface area contributed by atoms with Crippen molar-refractivity contribution < 1.29 is 14.6 Å². The molecule has 2 amide bonds. The van der Waals surface area contributed by atoms with Gasteiger partial charge in [-0.3, -0.25) is 4.90 Å². The molecule has 5 aliphatic heterocycles. The van der Waals surface area contributed by atoms with Gasteiger partial charge in [0.1, 0.15) is 18.2 Å². The van der Waals surface area contributed by atoms with Crippen LogP contribution in [-0.2, 0) is 0 Å². The number of ether oxygens (including phenoxy) is 1. The molecule has 2 bridgehead atoms. The molecule has 6 heterocycles. The fourth-order valence-corrected chi connectivity index (χ4v) is 9.39. The van der Waals surface area contributed by atoms with E-state index >= 15 is 0 Å². The Hall–Kier alpha value is -4.15. The number of rotatable bonds is 6. The van der Waals surface area contributed by atoms with Gasteiger partial charge in [0.15, 0.2) is 0 Å². The second kappa shape index (κ2) is 12.1. The number of phenols is 1. The second-order valence-electron chi connectivity index (χ2n) is 14.7. The number of urea groups is 1. The van der Waals surface area contributed by atoms with Crippen LogP contribution in [0.2, 0.25) is 0 Å². The Bertz CT molecular complexity index is 1840. The first-order chi connectivity index (χ1) is 23.5. The van der Waals surface area contributed by atoms with Gasteiger partial charge in [-0.25, -0.2) is 4.79 Å². The molecule has 3 atom stereocenters. The van der Waals surface area contributed by atoms with E-state index in [1.165, 1.54) is 12.8 Å². The van der Waals surface area contributed by atoms with Gasteiger partial charge in [-0.1, -0.05) is 30.3 Å². The molecule has 9 rings (SSSR count). The summed E-state index contributed by atoms with van der Waals surface area (Å²) in [5.74, 6) is 1.12. The van der Waals surface area contributed by atoms with E-state index in [1.807, 2.05) is 24.3 Å². The number of fused-ring (bicyclic) bond motifs is 5. The van der Waals surface area contributed by atoms with Crippen molar-refractivity contribution in [2.24, 2.45) is 0 Å². The summed E-state index contributed by atoms with van der Waals surface area (Å²) in [5, 5.41) is 20.4. The minimum atomic E-state index is 0.0762. The van der Waals surface area contributed by atoms with Crippen molar-refractivity contribution in [3.8, 4) is 22.9 Å². The highest BCUT2D eigenvalue weighted by molar-refractivity contribution is 6.01. The molecule has 0 saturated carbocycles. The molecule has 5 aliphatic rings. The number of aromatic hydroxyl groups is 1. The van der Waals surface area contributed by atoms with Gasteiger partial charge in [0, 0.05) is 31.1 Å². The molecule has 10 nitrogen and oxygen atoms in total. The molecule has 5 saturated heterocycles. The highest BCUT2D eigenvalue weighted by atomic mass is 16.5. The molecule has 5 fully saturated rings. The number of nitrogens with zero attached hydrogens (tertiary/aromatic N) is 5. The molecule has 0 radical (unpaired) electrons. The Morgan fingerprint density at radius 1 is 0.958 bits per heavy atom. The van der Waals surface area contributed by atoms with E-state index in [-0.39, 0.29) is 35.4 Å². The van der Waals surface area contributed by atoms with E-state index in [0.29, 0.717) is 12.6 Å². The molecule has 0 spiro atoms. The van der Waals surface area contributed by atoms with Crippen molar-refractivity contribution in [3.05, 3.63) is 54.6 Å². The quantitative estimate of drug-likeness (QED) is 0.260. The van der Waals surface area contributed by atoms with Crippen LogP contribution in [0.15, 0.2) is 54.6 Å². The van der Waals surface area contributed by atoms with Gasteiger partial charge in [0.2, 0.25) is 0 Å². The van der Waals surface area contributed by atoms with Gasteiger partial charge in [-0.05, 0) is 117 Å². The largest absolute Gasteiger partial charge is 0.508 e. The Morgan fingerprint density at radius 2 is 1.77 bits per heavy atom. The summed E-state index contributed by atoms with van der Waals surface area (Å²) in [6, 6.07) is 19.1. The first kappa shape index (κ1) is 29.9. The summed E-state index contributed by atoms with van der Waals surface area (Å²) in [5.41, 5.74) is 2.87. The molecule has 2 unspecified atom stereocenters. The lowest BCUT2D eigenvalue weighted by Gasteiger charge is -2.42. The van der Waals surface area contributed by atoms with Gasteiger partial charge in [-0.15, -0.1) is 0 Å². The molecule has 48 heavy (non-hydrogen) atoms. The summed E-state index contributed by atoms with van der Waals surface area (Å²) in [7, 11) is 0. The van der Waals surface area contributed by atoms with Gasteiger partial charge in [0.05, 0.1) is 23.1 Å². The summed E-state index contributed by atoms with van der Waals surface area (Å²) >= 11 is 0. The lowest BCUT2D eigenvalue weighted by molar-refractivity contribution is 0.108. The number of carbonyl (C=O) groups is 1. The van der Waals surface area contributed by atoms with Gasteiger partial charge in [-0.2, -0.15) is 9.97 Å². The average molecular weight is 648 g/mol. The predicted octanol–water partition coefficient (Wildman–Crippen LogP) is 5.28. The third-order valence-electron chi connectivity index (χ3n) is 11.7. The fourth-order valence-electron chi connectivity index (χ4n) is 9.39. The van der Waals surface area contributed by atoms with E-state index < -0.39 is 0 Å². The van der Waals surface area contributed by atoms with Crippen molar-refractivity contribution in [1.29, 1.82) is 0 Å². The first-order valence-electron chi connectivity index (χ1n) is 18.0. The number of phenolic OH excluding ortho intramolecular Hbond substituents is 1. The maximum atomic E-state index is 13.5. The molecule has 3 N–H and O–H groups in total. The van der Waals surface area contributed by atoms with Crippen LogP contribution in [0.3, 0.4) is 0 Å². The molecule has 1 aromatic heterocycles. The van der Waals surface area contributed by atoms with Crippen molar-refractivity contribution in [2.75, 3.05) is 50.8 Å². The number of piperidine rings is 1. The Labute approximate surface area is 281 Å². The highest BCUT2D eigenvalue weighted by Gasteiger charge is 2.46. The van der Waals surface area contributed by atoms with Crippen LogP contribution in [0.4, 0.5) is 10.6 Å². The van der Waals surface area contributed by atoms with Crippen LogP contribution in [-0.4, -0.2) is 100 Å². The summed E-state index contributed by atoms with van der Waals surface area (Å²) in [4.78, 5) is 30.8. The molecule has 250 valence electrons. The smallest absolute Gasteiger partial charge is 0.319 e. The van der Waals surface area contributed by atoms with Gasteiger partial charge >= 0.3 is 12.0 Å². The van der Waals surface area contributed by atoms with Gasteiger partial charge in [0.25, 0.3) is 0 Å². The molecule has 4 aromatic rings. The van der Waals surface area contributed by atoms with Crippen LogP contribution in [0.5, 0.6) is 11.8 Å². The Balaban J connectivity index is 1.06. The standard InChI is InChI=1S/C38H45N7O3/c46-30-18-25-6-1-2-8-31(25)33(20-30)26-9-12-32-34(19-26)41-36(48-24-38-13-4-16-44(38)17-5-14-38)42-35(32)43-22-28-10-11-29(23-43)45(28)37(47)40-27-7-3-15-39-21-27/h1-2,6,8-9,12,18-20,27-29,39,46H,3-5,7,10-11,13-17,21-24H2,(H,40,47)/t27-,28?,29?/m1/s1. The van der Waals surface area contributed by atoms with E-state index in [9.17, 15) is 9.90 Å². The first-order valence-corrected chi connectivity index (χ1v) is 18.0. The van der Waals surface area contributed by atoms with E-state index in [4.69, 9.17) is 14.7 Å². The number of piperazine rings is 1. The normalized spacial score (nSPS) is 25.1. The zero-order valence-electron chi connectivity index (χ0n) is 27.5. The number of amides is 2. The predicted molar refractivity (Wildman–Crippen MR) is 188 cm³/mol. The third-order valence-corrected chi connectivity index (χ3v) is 11.7. The van der Waals surface area contributed by atoms with Crippen LogP contribution >= 0.6 is 0 Å². The zero-order chi connectivity index (χ0) is 32.2. The average Bonchev–Trinajstić information content (AvgIpc) is 3.77. The van der Waals surface area contributed by atoms with Crippen LogP contribution in [0, 0.1) is 0 Å². The fraction of sp³-hybridized carbons (Fsp3) is 0.500. The van der Waals surface area contributed by atoms with Crippen molar-refractivity contribution >= 4 is 33.5 Å². The number of carbonyl (C=O) groups excluding carboxylic acids is 1. The molecule has 3 aromatic carbocycles. The molecule has 10 heteroatoms. The molecular weight excluding hydrogens is 602 g/mol. The number of benzene rings is 3. The Morgan fingerprint density at radius 3 is 2.56 bits per heavy atom. The van der Waals surface area contributed by atoms with Crippen molar-refractivity contribution in [3.63, 3.8) is 0 Å². The Kier molecular flexibility index (Phi) is 7.53. The summed E-state index contributed by atoms with van der Waals surface area (Å²) in [6.45, 7) is 6.23. The third kappa shape index (κ3) is 5.29. The number of aromatic nitrogens is 2. The van der Waals surface area contributed by atoms with E-state index in [0.717, 1.165) is 116 Å². The highest BCUT2D eigenvalue weighted by Crippen LogP contribution is 2.41. The number of anilines is 1. The second-order valence-corrected chi connectivity index (χ2v) is 14.7. The monoisotopic (exact) mass is 647 g/mol. The maximum absolute atomic E-state index is 13.5. The minimum absolute atomic E-state index is 0.0762. The van der Waals surface area contributed by atoms with Gasteiger partial charge < -0.3 is 30.3 Å². The number of hydrogen-bond acceptors (Lipinski definition) is 8. The van der Waals surface area contributed by atoms with Crippen molar-refractivity contribution in [1.82, 2.24) is 30.4 Å².